The first kappa shape index (κ1) is 25.5. The van der Waals surface area contributed by atoms with E-state index in [1.54, 1.807) is 0 Å². The number of carbonyl (C=O) groups excluding carboxylic acids is 1. The molecule has 0 radical (unpaired) electrons. The second-order valence-corrected chi connectivity index (χ2v) is 11.4. The van der Waals surface area contributed by atoms with Crippen molar-refractivity contribution in [2.75, 3.05) is 0 Å². The maximum Gasteiger partial charge on any atom is 0.126 e. The van der Waals surface area contributed by atoms with Gasteiger partial charge in [-0.1, -0.05) is 109 Å². The highest BCUT2D eigenvalue weighted by Gasteiger charge is 2.35. The average Bonchev–Trinajstić information content (AvgIpc) is 2.85. The second-order valence-electron chi connectivity index (χ2n) is 11.4. The minimum absolute atomic E-state index is 0.0133. The van der Waals surface area contributed by atoms with Crippen LogP contribution in [0.2, 0.25) is 0 Å². The lowest BCUT2D eigenvalue weighted by Crippen LogP contribution is -2.28. The van der Waals surface area contributed by atoms with Crippen molar-refractivity contribution in [2.24, 2.45) is 17.3 Å². The Hall–Kier alpha value is -1.11. The zero-order chi connectivity index (χ0) is 22.7. The first-order chi connectivity index (χ1) is 15.7. The monoisotopic (exact) mass is 438 g/mol. The molecule has 1 aromatic carbocycles. The number of unbranched alkanes of at least 4 members (excludes halogenated alkanes) is 4. The number of aldehydes is 1. The second kappa shape index (κ2) is 13.6. The summed E-state index contributed by atoms with van der Waals surface area (Å²) in [5.74, 6) is 2.64. The molecule has 2 aliphatic carbocycles. The fraction of sp³-hybridized carbons (Fsp3) is 0.774. The Labute approximate surface area is 199 Å². The molecule has 0 spiro atoms. The number of benzene rings is 1. The molecule has 0 saturated heterocycles. The van der Waals surface area contributed by atoms with Crippen LogP contribution in [0, 0.1) is 17.3 Å². The van der Waals surface area contributed by atoms with Crippen molar-refractivity contribution in [3.05, 3.63) is 35.4 Å². The minimum Gasteiger partial charge on any atom is -0.303 e. The molecule has 0 heterocycles. The summed E-state index contributed by atoms with van der Waals surface area (Å²) in [6, 6.07) is 9.59. The molecule has 32 heavy (non-hydrogen) atoms. The first-order valence-corrected chi connectivity index (χ1v) is 14.2. The van der Waals surface area contributed by atoms with E-state index in [-0.39, 0.29) is 5.41 Å². The lowest BCUT2D eigenvalue weighted by molar-refractivity contribution is -0.118. The number of hydrogen-bond acceptors (Lipinski definition) is 1. The normalized spacial score (nSPS) is 28.5. The van der Waals surface area contributed by atoms with Crippen LogP contribution >= 0.6 is 0 Å². The Kier molecular flexibility index (Phi) is 10.8. The van der Waals surface area contributed by atoms with Gasteiger partial charge in [0.25, 0.3) is 0 Å². The van der Waals surface area contributed by atoms with Gasteiger partial charge >= 0.3 is 0 Å². The quantitative estimate of drug-likeness (QED) is 0.221. The minimum atomic E-state index is -0.0133. The molecule has 2 aliphatic rings. The smallest absolute Gasteiger partial charge is 0.126 e. The summed E-state index contributed by atoms with van der Waals surface area (Å²) < 4.78 is 0. The fourth-order valence-corrected chi connectivity index (χ4v) is 6.50. The van der Waals surface area contributed by atoms with Gasteiger partial charge in [0.2, 0.25) is 0 Å². The van der Waals surface area contributed by atoms with Gasteiger partial charge in [-0.2, -0.15) is 0 Å². The van der Waals surface area contributed by atoms with Crippen molar-refractivity contribution in [3.63, 3.8) is 0 Å². The Bertz CT molecular complexity index is 629. The van der Waals surface area contributed by atoms with E-state index in [2.05, 4.69) is 38.1 Å². The highest BCUT2D eigenvalue weighted by atomic mass is 16.1. The van der Waals surface area contributed by atoms with Gasteiger partial charge in [0, 0.05) is 5.41 Å². The van der Waals surface area contributed by atoms with Gasteiger partial charge in [-0.3, -0.25) is 0 Å². The fourth-order valence-electron chi connectivity index (χ4n) is 6.50. The highest BCUT2D eigenvalue weighted by molar-refractivity contribution is 5.59. The van der Waals surface area contributed by atoms with Crippen LogP contribution in [0.25, 0.3) is 0 Å². The van der Waals surface area contributed by atoms with Crippen molar-refractivity contribution >= 4 is 6.29 Å². The van der Waals surface area contributed by atoms with Crippen LogP contribution in [0.1, 0.15) is 140 Å². The zero-order valence-electron chi connectivity index (χ0n) is 21.3. The first-order valence-electron chi connectivity index (χ1n) is 14.2. The molecule has 0 unspecified atom stereocenters. The van der Waals surface area contributed by atoms with E-state index in [9.17, 15) is 4.79 Å². The molecule has 180 valence electrons. The largest absolute Gasteiger partial charge is 0.303 e. The lowest BCUT2D eigenvalue weighted by Gasteiger charge is -2.36. The van der Waals surface area contributed by atoms with Crippen LogP contribution < -0.4 is 0 Å². The van der Waals surface area contributed by atoms with Gasteiger partial charge < -0.3 is 4.79 Å². The van der Waals surface area contributed by atoms with E-state index >= 15 is 0 Å². The maximum atomic E-state index is 11.8. The molecule has 0 amide bonds. The Morgan fingerprint density at radius 3 is 1.97 bits per heavy atom. The molecule has 0 N–H and O–H groups in total. The molecule has 1 heteroatoms. The summed E-state index contributed by atoms with van der Waals surface area (Å²) in [5, 5.41) is 0. The van der Waals surface area contributed by atoms with Gasteiger partial charge in [-0.05, 0) is 73.8 Å². The summed E-state index contributed by atoms with van der Waals surface area (Å²) >= 11 is 0. The number of rotatable bonds is 13. The van der Waals surface area contributed by atoms with Crippen LogP contribution in [0.15, 0.2) is 24.3 Å². The van der Waals surface area contributed by atoms with Crippen LogP contribution in [-0.4, -0.2) is 6.29 Å². The summed E-state index contributed by atoms with van der Waals surface area (Å²) in [4.78, 5) is 11.8. The predicted octanol–water partition coefficient (Wildman–Crippen LogP) is 9.43. The molecule has 3 rings (SSSR count). The van der Waals surface area contributed by atoms with Crippen molar-refractivity contribution < 1.29 is 4.79 Å². The number of hydrogen-bond donors (Lipinski definition) is 0. The predicted molar refractivity (Wildman–Crippen MR) is 138 cm³/mol. The summed E-state index contributed by atoms with van der Waals surface area (Å²) in [5.41, 5.74) is 3.02. The lowest BCUT2D eigenvalue weighted by atomic mass is 9.67. The van der Waals surface area contributed by atoms with Gasteiger partial charge in [-0.15, -0.1) is 0 Å². The van der Waals surface area contributed by atoms with Gasteiger partial charge in [-0.25, -0.2) is 0 Å². The molecule has 2 fully saturated rings. The van der Waals surface area contributed by atoms with Crippen molar-refractivity contribution in [2.45, 2.75) is 135 Å². The molecule has 0 aromatic heterocycles. The SMILES string of the molecule is CCCCCC1(C=O)CCC(c2ccc(CC[C@H]3CC[C@H](CCCCC)CC3)cc2)CC1. The Morgan fingerprint density at radius 2 is 1.38 bits per heavy atom. The molecular formula is C31H50O. The Morgan fingerprint density at radius 1 is 0.781 bits per heavy atom. The van der Waals surface area contributed by atoms with Crippen LogP contribution in [-0.2, 0) is 11.2 Å². The highest BCUT2D eigenvalue weighted by Crippen LogP contribution is 2.45. The average molecular weight is 439 g/mol. The van der Waals surface area contributed by atoms with Gasteiger partial charge in [0.15, 0.2) is 0 Å². The van der Waals surface area contributed by atoms with Crippen LogP contribution in [0.3, 0.4) is 0 Å². The van der Waals surface area contributed by atoms with E-state index in [1.165, 1.54) is 114 Å². The van der Waals surface area contributed by atoms with Crippen molar-refractivity contribution in [1.29, 1.82) is 0 Å². The van der Waals surface area contributed by atoms with Crippen LogP contribution in [0.4, 0.5) is 0 Å². The third-order valence-electron chi connectivity index (χ3n) is 8.98. The van der Waals surface area contributed by atoms with Gasteiger partial charge in [0.05, 0.1) is 0 Å². The maximum absolute atomic E-state index is 11.8. The molecule has 1 aromatic rings. The summed E-state index contributed by atoms with van der Waals surface area (Å²) in [6.45, 7) is 4.56. The number of carbonyl (C=O) groups is 1. The van der Waals surface area contributed by atoms with E-state index in [4.69, 9.17) is 0 Å². The van der Waals surface area contributed by atoms with E-state index in [0.29, 0.717) is 5.92 Å². The third kappa shape index (κ3) is 7.74. The van der Waals surface area contributed by atoms with E-state index in [1.807, 2.05) is 0 Å². The molecule has 0 atom stereocenters. The molecule has 0 aliphatic heterocycles. The Balaban J connectivity index is 1.38. The third-order valence-corrected chi connectivity index (χ3v) is 8.98. The molecule has 2 saturated carbocycles. The van der Waals surface area contributed by atoms with E-state index < -0.39 is 0 Å². The number of aryl methyl sites for hydroxylation is 1. The standard InChI is InChI=1S/C31H50O/c1-3-5-7-9-26-10-12-27(13-11-26)14-15-28-16-18-29(19-17-28)30-20-23-31(25-32,24-21-30)22-8-6-4-2/h16-19,25-27,30H,3-15,20-24H2,1-2H3/t26-,27-,30?,31?. The summed E-state index contributed by atoms with van der Waals surface area (Å²) in [7, 11) is 0. The molecular weight excluding hydrogens is 388 g/mol. The molecule has 1 nitrogen and oxygen atoms in total. The molecule has 0 bridgehead atoms. The van der Waals surface area contributed by atoms with Crippen LogP contribution in [0.5, 0.6) is 0 Å². The zero-order valence-corrected chi connectivity index (χ0v) is 21.3. The van der Waals surface area contributed by atoms with E-state index in [0.717, 1.165) is 31.1 Å². The van der Waals surface area contributed by atoms with Gasteiger partial charge in [0.1, 0.15) is 6.29 Å². The topological polar surface area (TPSA) is 17.1 Å². The van der Waals surface area contributed by atoms with Crippen molar-refractivity contribution in [1.82, 2.24) is 0 Å². The van der Waals surface area contributed by atoms with Crippen molar-refractivity contribution in [3.8, 4) is 0 Å². The summed E-state index contributed by atoms with van der Waals surface area (Å²) in [6.07, 6.45) is 24.9.